The number of carbonyl (C=O) groups is 1. The number of para-hydroxylation sites is 1. The zero-order valence-corrected chi connectivity index (χ0v) is 18.7. The fraction of sp³-hybridized carbons (Fsp3) is 0.100. The van der Waals surface area contributed by atoms with Crippen molar-refractivity contribution in [2.45, 2.75) is 13.0 Å². The third-order valence-corrected chi connectivity index (χ3v) is 5.49. The molecule has 0 saturated carbocycles. The van der Waals surface area contributed by atoms with Crippen LogP contribution in [0.4, 0.5) is 0 Å². The van der Waals surface area contributed by atoms with Crippen molar-refractivity contribution in [2.75, 3.05) is 7.11 Å². The Balaban J connectivity index is 1.51. The third-order valence-electron chi connectivity index (χ3n) is 5.49. The Morgan fingerprint density at radius 3 is 2.45 bits per heavy atom. The molecule has 0 aromatic heterocycles. The predicted octanol–water partition coefficient (Wildman–Crippen LogP) is 7.05. The van der Waals surface area contributed by atoms with Crippen molar-refractivity contribution in [2.24, 2.45) is 0 Å². The fourth-order valence-electron chi connectivity index (χ4n) is 3.75. The minimum atomic E-state index is -0.0345. The molecule has 0 atom stereocenters. The second-order valence-corrected chi connectivity index (χ2v) is 7.72. The van der Waals surface area contributed by atoms with Gasteiger partial charge >= 0.3 is 0 Å². The number of hydrogen-bond acceptors (Lipinski definition) is 3. The number of ketones is 1. The predicted molar refractivity (Wildman–Crippen MR) is 135 cm³/mol. The van der Waals surface area contributed by atoms with Crippen LogP contribution < -0.4 is 9.47 Å². The van der Waals surface area contributed by atoms with E-state index in [1.807, 2.05) is 97.1 Å². The summed E-state index contributed by atoms with van der Waals surface area (Å²) in [5, 5.41) is 2.17. The van der Waals surface area contributed by atoms with Crippen LogP contribution in [0.15, 0.2) is 104 Å². The number of carbonyl (C=O) groups excluding carboxylic acids is 1. The van der Waals surface area contributed by atoms with Crippen LogP contribution >= 0.6 is 0 Å². The van der Waals surface area contributed by atoms with Gasteiger partial charge in [-0.25, -0.2) is 0 Å². The zero-order chi connectivity index (χ0) is 23.0. The lowest BCUT2D eigenvalue weighted by molar-refractivity contribution is 0.104. The molecule has 4 aromatic carbocycles. The van der Waals surface area contributed by atoms with E-state index >= 15 is 0 Å². The summed E-state index contributed by atoms with van der Waals surface area (Å²) in [7, 11) is 1.64. The second-order valence-electron chi connectivity index (χ2n) is 7.72. The van der Waals surface area contributed by atoms with Crippen LogP contribution in [-0.4, -0.2) is 12.9 Å². The van der Waals surface area contributed by atoms with Gasteiger partial charge in [0.05, 0.1) is 7.11 Å². The SMILES string of the molecule is C=CCc1ccccc1OCc1cc(/C=C/C(=O)c2ccc3ccccc3c2)ccc1OC. The largest absolute Gasteiger partial charge is 0.496 e. The van der Waals surface area contributed by atoms with Gasteiger partial charge in [0.2, 0.25) is 0 Å². The summed E-state index contributed by atoms with van der Waals surface area (Å²) in [6.07, 6.45) is 6.04. The van der Waals surface area contributed by atoms with E-state index in [1.54, 1.807) is 13.2 Å². The normalized spacial score (nSPS) is 10.9. The Bertz CT molecular complexity index is 1320. The lowest BCUT2D eigenvalue weighted by atomic mass is 10.0. The van der Waals surface area contributed by atoms with E-state index in [-0.39, 0.29) is 5.78 Å². The van der Waals surface area contributed by atoms with Crippen LogP contribution in [0, 0.1) is 0 Å². The summed E-state index contributed by atoms with van der Waals surface area (Å²) < 4.78 is 11.6. The van der Waals surface area contributed by atoms with Gasteiger partial charge in [0.25, 0.3) is 0 Å². The summed E-state index contributed by atoms with van der Waals surface area (Å²) in [5.74, 6) is 1.54. The van der Waals surface area contributed by atoms with E-state index in [4.69, 9.17) is 9.47 Å². The van der Waals surface area contributed by atoms with Gasteiger partial charge in [0.1, 0.15) is 18.1 Å². The molecule has 3 heteroatoms. The minimum Gasteiger partial charge on any atom is -0.496 e. The molecule has 33 heavy (non-hydrogen) atoms. The van der Waals surface area contributed by atoms with Gasteiger partial charge in [-0.15, -0.1) is 6.58 Å². The highest BCUT2D eigenvalue weighted by atomic mass is 16.5. The molecule has 0 aliphatic rings. The molecular weight excluding hydrogens is 408 g/mol. The molecule has 0 saturated heterocycles. The Morgan fingerprint density at radius 2 is 1.64 bits per heavy atom. The highest BCUT2D eigenvalue weighted by molar-refractivity contribution is 6.08. The number of fused-ring (bicyclic) bond motifs is 1. The molecule has 3 nitrogen and oxygen atoms in total. The van der Waals surface area contributed by atoms with Crippen molar-refractivity contribution < 1.29 is 14.3 Å². The molecule has 0 aliphatic heterocycles. The Labute approximate surface area is 194 Å². The number of rotatable bonds is 9. The van der Waals surface area contributed by atoms with Gasteiger partial charge < -0.3 is 9.47 Å². The first-order valence-electron chi connectivity index (χ1n) is 10.9. The van der Waals surface area contributed by atoms with Gasteiger partial charge in [-0.05, 0) is 58.7 Å². The number of hydrogen-bond donors (Lipinski definition) is 0. The quantitative estimate of drug-likeness (QED) is 0.161. The lowest BCUT2D eigenvalue weighted by Gasteiger charge is -2.13. The molecule has 0 N–H and O–H groups in total. The highest BCUT2D eigenvalue weighted by Gasteiger charge is 2.08. The van der Waals surface area contributed by atoms with Gasteiger partial charge in [0, 0.05) is 11.1 Å². The maximum absolute atomic E-state index is 12.7. The molecule has 0 radical (unpaired) electrons. The van der Waals surface area contributed by atoms with Crippen molar-refractivity contribution >= 4 is 22.6 Å². The molecule has 0 unspecified atom stereocenters. The summed E-state index contributed by atoms with van der Waals surface area (Å²) in [6.45, 7) is 4.17. The number of allylic oxidation sites excluding steroid dienone is 2. The van der Waals surface area contributed by atoms with Gasteiger partial charge in [-0.2, -0.15) is 0 Å². The van der Waals surface area contributed by atoms with Crippen LogP contribution in [0.2, 0.25) is 0 Å². The van der Waals surface area contributed by atoms with Crippen molar-refractivity contribution in [3.63, 3.8) is 0 Å². The molecule has 0 spiro atoms. The van der Waals surface area contributed by atoms with Gasteiger partial charge in [-0.3, -0.25) is 4.79 Å². The van der Waals surface area contributed by atoms with E-state index in [9.17, 15) is 4.79 Å². The molecule has 0 bridgehead atoms. The van der Waals surface area contributed by atoms with Crippen molar-refractivity contribution in [3.05, 3.63) is 126 Å². The molecular formula is C30H26O3. The molecule has 4 aromatic rings. The zero-order valence-electron chi connectivity index (χ0n) is 18.7. The van der Waals surface area contributed by atoms with Gasteiger partial charge in [0.15, 0.2) is 5.78 Å². The molecule has 0 heterocycles. The van der Waals surface area contributed by atoms with E-state index in [0.29, 0.717) is 12.2 Å². The molecule has 0 amide bonds. The van der Waals surface area contributed by atoms with Crippen LogP contribution in [0.1, 0.15) is 27.0 Å². The third kappa shape index (κ3) is 5.39. The van der Waals surface area contributed by atoms with Crippen LogP contribution in [0.3, 0.4) is 0 Å². The van der Waals surface area contributed by atoms with Crippen molar-refractivity contribution in [3.8, 4) is 11.5 Å². The second kappa shape index (κ2) is 10.5. The highest BCUT2D eigenvalue weighted by Crippen LogP contribution is 2.25. The smallest absolute Gasteiger partial charge is 0.185 e. The monoisotopic (exact) mass is 434 g/mol. The van der Waals surface area contributed by atoms with Gasteiger partial charge in [-0.1, -0.05) is 72.8 Å². The molecule has 0 aliphatic carbocycles. The Kier molecular flexibility index (Phi) is 7.01. The van der Waals surface area contributed by atoms with Crippen LogP contribution in [-0.2, 0) is 13.0 Å². The van der Waals surface area contributed by atoms with E-state index in [1.165, 1.54) is 0 Å². The number of benzene rings is 4. The standard InChI is InChI=1S/C30H26O3/c1-3-8-24-10-6-7-12-30(24)33-21-27-19-22(14-18-29(27)32-2)13-17-28(31)26-16-15-23-9-4-5-11-25(23)20-26/h3-7,9-20H,1,8,21H2,2H3/b17-13+. The summed E-state index contributed by atoms with van der Waals surface area (Å²) >= 11 is 0. The van der Waals surface area contributed by atoms with Crippen LogP contribution in [0.25, 0.3) is 16.8 Å². The Hall–Kier alpha value is -4.11. The first-order valence-corrected chi connectivity index (χ1v) is 10.9. The first kappa shape index (κ1) is 22.1. The lowest BCUT2D eigenvalue weighted by Crippen LogP contribution is -2.01. The van der Waals surface area contributed by atoms with E-state index in [0.717, 1.165) is 45.4 Å². The minimum absolute atomic E-state index is 0.0345. The maximum Gasteiger partial charge on any atom is 0.185 e. The number of methoxy groups -OCH3 is 1. The maximum atomic E-state index is 12.7. The van der Waals surface area contributed by atoms with Crippen molar-refractivity contribution in [1.29, 1.82) is 0 Å². The molecule has 164 valence electrons. The first-order chi connectivity index (χ1) is 16.2. The average Bonchev–Trinajstić information content (AvgIpc) is 2.86. The summed E-state index contributed by atoms with van der Waals surface area (Å²) in [6, 6.07) is 27.5. The summed E-state index contributed by atoms with van der Waals surface area (Å²) in [4.78, 5) is 12.7. The van der Waals surface area contributed by atoms with Crippen LogP contribution in [0.5, 0.6) is 11.5 Å². The van der Waals surface area contributed by atoms with Crippen molar-refractivity contribution in [1.82, 2.24) is 0 Å². The van der Waals surface area contributed by atoms with E-state index in [2.05, 4.69) is 6.58 Å². The van der Waals surface area contributed by atoms with E-state index < -0.39 is 0 Å². The summed E-state index contributed by atoms with van der Waals surface area (Å²) in [5.41, 5.74) is 3.57. The molecule has 4 rings (SSSR count). The fourth-order valence-corrected chi connectivity index (χ4v) is 3.75. The Morgan fingerprint density at radius 1 is 0.848 bits per heavy atom. The average molecular weight is 435 g/mol. The molecule has 0 fully saturated rings. The number of ether oxygens (including phenoxy) is 2. The topological polar surface area (TPSA) is 35.5 Å².